The lowest BCUT2D eigenvalue weighted by atomic mass is 10.0. The van der Waals surface area contributed by atoms with E-state index in [0.717, 1.165) is 33.6 Å². The van der Waals surface area contributed by atoms with Crippen LogP contribution in [0, 0.1) is 0 Å². The van der Waals surface area contributed by atoms with Gasteiger partial charge in [0.2, 0.25) is 0 Å². The van der Waals surface area contributed by atoms with E-state index in [2.05, 4.69) is 45.4 Å². The van der Waals surface area contributed by atoms with E-state index in [1.54, 1.807) is 0 Å². The summed E-state index contributed by atoms with van der Waals surface area (Å²) in [5.74, 6) is 0. The van der Waals surface area contributed by atoms with Crippen molar-refractivity contribution in [1.82, 2.24) is 15.1 Å². The molecule has 0 saturated carbocycles. The first-order valence-corrected chi connectivity index (χ1v) is 7.86. The Hall–Kier alpha value is -0.840. The highest BCUT2D eigenvalue weighted by Crippen LogP contribution is 2.28. The van der Waals surface area contributed by atoms with Crippen molar-refractivity contribution in [3.63, 3.8) is 0 Å². The second kappa shape index (κ2) is 6.74. The first-order valence-electron chi connectivity index (χ1n) is 6.69. The van der Waals surface area contributed by atoms with Gasteiger partial charge in [0.15, 0.2) is 0 Å². The summed E-state index contributed by atoms with van der Waals surface area (Å²) in [4.78, 5) is 0. The van der Waals surface area contributed by atoms with E-state index >= 15 is 0 Å². The number of halogens is 2. The quantitative estimate of drug-likeness (QED) is 0.880. The SMILES string of the molecule is CCc1cc(CC(NC)c2cc(Br)ccc2Cl)n(C)n1. The van der Waals surface area contributed by atoms with E-state index < -0.39 is 0 Å². The van der Waals surface area contributed by atoms with Gasteiger partial charge in [-0.25, -0.2) is 0 Å². The van der Waals surface area contributed by atoms with Crippen molar-refractivity contribution in [3.8, 4) is 0 Å². The molecule has 0 aliphatic heterocycles. The van der Waals surface area contributed by atoms with Crippen molar-refractivity contribution in [3.05, 3.63) is 50.7 Å². The first-order chi connectivity index (χ1) is 9.55. The summed E-state index contributed by atoms with van der Waals surface area (Å²) in [7, 11) is 3.95. The molecule has 1 aromatic heterocycles. The summed E-state index contributed by atoms with van der Waals surface area (Å²) in [6, 6.07) is 8.28. The third-order valence-corrected chi connectivity index (χ3v) is 4.32. The predicted molar refractivity (Wildman–Crippen MR) is 87.2 cm³/mol. The molecule has 108 valence electrons. The van der Waals surface area contributed by atoms with Crippen molar-refractivity contribution < 1.29 is 0 Å². The number of nitrogens with zero attached hydrogens (tertiary/aromatic N) is 2. The minimum absolute atomic E-state index is 0.167. The Kier molecular flexibility index (Phi) is 5.24. The molecule has 0 aliphatic carbocycles. The van der Waals surface area contributed by atoms with Crippen molar-refractivity contribution in [2.24, 2.45) is 7.05 Å². The maximum atomic E-state index is 6.32. The summed E-state index contributed by atoms with van der Waals surface area (Å²) >= 11 is 9.83. The predicted octanol–water partition coefficient (Wildman–Crippen LogP) is 3.90. The molecule has 0 aliphatic rings. The molecule has 1 heterocycles. The number of benzene rings is 1. The van der Waals surface area contributed by atoms with Crippen LogP contribution >= 0.6 is 27.5 Å². The molecule has 1 atom stereocenters. The molecule has 0 spiro atoms. The molecule has 2 aromatic rings. The highest BCUT2D eigenvalue weighted by molar-refractivity contribution is 9.10. The van der Waals surface area contributed by atoms with Crippen LogP contribution in [0.4, 0.5) is 0 Å². The number of aryl methyl sites for hydroxylation is 2. The van der Waals surface area contributed by atoms with Gasteiger partial charge in [-0.1, -0.05) is 34.5 Å². The Morgan fingerprint density at radius 2 is 2.15 bits per heavy atom. The van der Waals surface area contributed by atoms with Crippen LogP contribution < -0.4 is 5.32 Å². The van der Waals surface area contributed by atoms with Gasteiger partial charge in [0.05, 0.1) is 5.69 Å². The van der Waals surface area contributed by atoms with Crippen LogP contribution in [0.1, 0.15) is 29.9 Å². The van der Waals surface area contributed by atoms with Crippen LogP contribution in [0.25, 0.3) is 0 Å². The van der Waals surface area contributed by atoms with E-state index in [1.165, 1.54) is 5.69 Å². The number of nitrogens with one attached hydrogen (secondary N) is 1. The van der Waals surface area contributed by atoms with Gasteiger partial charge in [-0.15, -0.1) is 0 Å². The Bertz CT molecular complexity index is 595. The molecule has 0 amide bonds. The lowest BCUT2D eigenvalue weighted by Crippen LogP contribution is -2.20. The monoisotopic (exact) mass is 355 g/mol. The lowest BCUT2D eigenvalue weighted by molar-refractivity contribution is 0.561. The van der Waals surface area contributed by atoms with Gasteiger partial charge in [0.1, 0.15) is 0 Å². The van der Waals surface area contributed by atoms with Crippen LogP contribution in [-0.2, 0) is 19.9 Å². The van der Waals surface area contributed by atoms with E-state index in [9.17, 15) is 0 Å². The fraction of sp³-hybridized carbons (Fsp3) is 0.400. The van der Waals surface area contributed by atoms with Crippen LogP contribution in [0.15, 0.2) is 28.7 Å². The Morgan fingerprint density at radius 1 is 1.40 bits per heavy atom. The smallest absolute Gasteiger partial charge is 0.0624 e. The molecule has 0 radical (unpaired) electrons. The van der Waals surface area contributed by atoms with Gasteiger partial charge in [0.25, 0.3) is 0 Å². The average Bonchev–Trinajstić information content (AvgIpc) is 2.79. The van der Waals surface area contributed by atoms with Gasteiger partial charge >= 0.3 is 0 Å². The second-order valence-electron chi connectivity index (χ2n) is 4.82. The van der Waals surface area contributed by atoms with Crippen LogP contribution in [-0.4, -0.2) is 16.8 Å². The van der Waals surface area contributed by atoms with E-state index in [0.29, 0.717) is 0 Å². The minimum atomic E-state index is 0.167. The molecule has 3 nitrogen and oxygen atoms in total. The Labute approximate surface area is 133 Å². The van der Waals surface area contributed by atoms with Gasteiger partial charge < -0.3 is 5.32 Å². The number of aromatic nitrogens is 2. The molecule has 1 unspecified atom stereocenters. The third kappa shape index (κ3) is 3.43. The fourth-order valence-corrected chi connectivity index (χ4v) is 2.92. The van der Waals surface area contributed by atoms with Gasteiger partial charge in [-0.3, -0.25) is 4.68 Å². The normalized spacial score (nSPS) is 12.7. The number of hydrogen-bond donors (Lipinski definition) is 1. The molecular weight excluding hydrogens is 338 g/mol. The van der Waals surface area contributed by atoms with Gasteiger partial charge in [-0.2, -0.15) is 5.10 Å². The zero-order valence-corrected chi connectivity index (χ0v) is 14.3. The minimum Gasteiger partial charge on any atom is -0.313 e. The number of hydrogen-bond acceptors (Lipinski definition) is 2. The highest BCUT2D eigenvalue weighted by Gasteiger charge is 2.16. The van der Waals surface area contributed by atoms with Gasteiger partial charge in [-0.05, 0) is 43.3 Å². The topological polar surface area (TPSA) is 29.9 Å². The van der Waals surface area contributed by atoms with Crippen molar-refractivity contribution in [1.29, 1.82) is 0 Å². The molecule has 0 fully saturated rings. The van der Waals surface area contributed by atoms with E-state index in [-0.39, 0.29) is 6.04 Å². The van der Waals surface area contributed by atoms with E-state index in [4.69, 9.17) is 11.6 Å². The van der Waals surface area contributed by atoms with Crippen molar-refractivity contribution in [2.75, 3.05) is 7.05 Å². The largest absolute Gasteiger partial charge is 0.313 e. The highest BCUT2D eigenvalue weighted by atomic mass is 79.9. The van der Waals surface area contributed by atoms with Crippen molar-refractivity contribution in [2.45, 2.75) is 25.8 Å². The lowest BCUT2D eigenvalue weighted by Gasteiger charge is -2.18. The van der Waals surface area contributed by atoms with Crippen molar-refractivity contribution >= 4 is 27.5 Å². The summed E-state index contributed by atoms with van der Waals surface area (Å²) in [5.41, 5.74) is 3.43. The summed E-state index contributed by atoms with van der Waals surface area (Å²) in [5, 5.41) is 8.62. The zero-order valence-electron chi connectivity index (χ0n) is 12.0. The number of rotatable bonds is 5. The van der Waals surface area contributed by atoms with Crippen LogP contribution in [0.5, 0.6) is 0 Å². The zero-order chi connectivity index (χ0) is 14.7. The molecule has 20 heavy (non-hydrogen) atoms. The molecule has 0 saturated heterocycles. The molecule has 1 N–H and O–H groups in total. The summed E-state index contributed by atoms with van der Waals surface area (Å²) < 4.78 is 2.99. The fourth-order valence-electron chi connectivity index (χ4n) is 2.29. The third-order valence-electron chi connectivity index (χ3n) is 3.48. The maximum absolute atomic E-state index is 6.32. The average molecular weight is 357 g/mol. The molecule has 5 heteroatoms. The standard InChI is InChI=1S/C15H19BrClN3/c1-4-11-8-12(20(3)19-11)9-15(18-2)13-7-10(16)5-6-14(13)17/h5-8,15,18H,4,9H2,1-3H3. The van der Waals surface area contributed by atoms with E-state index in [1.807, 2.05) is 30.9 Å². The number of likely N-dealkylation sites (N-methyl/N-ethyl adjacent to an activating group) is 1. The molecule has 1 aromatic carbocycles. The van der Waals surface area contributed by atoms with Gasteiger partial charge in [0, 0.05) is 34.7 Å². The molecule has 0 bridgehead atoms. The Balaban J connectivity index is 2.28. The first kappa shape index (κ1) is 15.5. The Morgan fingerprint density at radius 3 is 2.75 bits per heavy atom. The molecular formula is C15H19BrClN3. The second-order valence-corrected chi connectivity index (χ2v) is 6.14. The van der Waals surface area contributed by atoms with Crippen LogP contribution in [0.3, 0.4) is 0 Å². The maximum Gasteiger partial charge on any atom is 0.0624 e. The molecule has 2 rings (SSSR count). The summed E-state index contributed by atoms with van der Waals surface area (Å²) in [6.45, 7) is 2.12. The summed E-state index contributed by atoms with van der Waals surface area (Å²) in [6.07, 6.45) is 1.81. The van der Waals surface area contributed by atoms with Crippen LogP contribution in [0.2, 0.25) is 5.02 Å².